The van der Waals surface area contributed by atoms with Crippen molar-refractivity contribution in [3.05, 3.63) is 108 Å². The molecule has 1 fully saturated rings. The molecule has 2 heterocycles. The van der Waals surface area contributed by atoms with E-state index in [0.29, 0.717) is 0 Å². The number of ether oxygens (including phenoxy) is 2. The monoisotopic (exact) mass is 722 g/mol. The fourth-order valence-electron chi connectivity index (χ4n) is 4.43. The second kappa shape index (κ2) is 15.6. The quantitative estimate of drug-likeness (QED) is 0.0935. The molecule has 0 bridgehead atoms. The summed E-state index contributed by atoms with van der Waals surface area (Å²) in [5, 5.41) is 24.5. The molecule has 0 amide bonds. The van der Waals surface area contributed by atoms with Crippen LogP contribution in [0.4, 0.5) is 5.69 Å². The molecule has 3 N–H and O–H groups in total. The summed E-state index contributed by atoms with van der Waals surface area (Å²) in [7, 11) is -4.49. The highest BCUT2D eigenvalue weighted by Gasteiger charge is 2.41. The summed E-state index contributed by atoms with van der Waals surface area (Å²) < 4.78 is 37.9. The zero-order chi connectivity index (χ0) is 33.4. The minimum Gasteiger partial charge on any atom is -0.460 e. The first-order valence-electron chi connectivity index (χ1n) is 14.0. The minimum atomic E-state index is -4.49. The molecular weight excluding hydrogens is 691 g/mol. The lowest BCUT2D eigenvalue weighted by Gasteiger charge is -2.27. The standard InChI is InChI=1S/C29H32BrN4O11P/c1-18(2)26(28(37)42-16-19-6-4-3-5-7-19)32-46(41,45-22-10-8-21(9-11-22)34(39)40)43-17-24-23(35)14-25(44-24)33-15-20(12-13-30)27(36)31-29(33)38/h3-13,15,18,23-26,35H,14,16-17H2,1-2H3,(H,32,41)(H,31,36,38)/b13-12+/t23-,24?,25-,26?,46?/m1/s1. The Hall–Kier alpha value is -3.92. The second-order valence-electron chi connectivity index (χ2n) is 10.6. The molecule has 0 aliphatic carbocycles. The van der Waals surface area contributed by atoms with Gasteiger partial charge in [-0.3, -0.25) is 33.8 Å². The van der Waals surface area contributed by atoms with Crippen molar-refractivity contribution in [2.75, 3.05) is 6.61 Å². The number of benzene rings is 2. The molecule has 46 heavy (non-hydrogen) atoms. The summed E-state index contributed by atoms with van der Waals surface area (Å²) in [6, 6.07) is 12.5. The number of hydrogen-bond acceptors (Lipinski definition) is 11. The molecular formula is C29H32BrN4O11P. The molecule has 5 atom stereocenters. The summed E-state index contributed by atoms with van der Waals surface area (Å²) in [5.41, 5.74) is -0.732. The number of aromatic nitrogens is 2. The Kier molecular flexibility index (Phi) is 11.8. The molecule has 3 unspecified atom stereocenters. The maximum Gasteiger partial charge on any atom is 0.459 e. The van der Waals surface area contributed by atoms with Gasteiger partial charge < -0.3 is 19.1 Å². The van der Waals surface area contributed by atoms with Crippen molar-refractivity contribution in [3.8, 4) is 5.75 Å². The van der Waals surface area contributed by atoms with Crippen molar-refractivity contribution >= 4 is 41.4 Å². The van der Waals surface area contributed by atoms with Crippen LogP contribution in [0.3, 0.4) is 0 Å². The van der Waals surface area contributed by atoms with Gasteiger partial charge in [0.05, 0.1) is 23.2 Å². The number of nitro benzene ring substituents is 1. The Bertz CT molecular complexity index is 1710. The summed E-state index contributed by atoms with van der Waals surface area (Å²) in [4.78, 5) is 51.8. The van der Waals surface area contributed by atoms with E-state index < -0.39 is 66.9 Å². The van der Waals surface area contributed by atoms with Crippen molar-refractivity contribution in [1.29, 1.82) is 0 Å². The molecule has 1 aliphatic heterocycles. The van der Waals surface area contributed by atoms with Crippen LogP contribution in [0.5, 0.6) is 5.75 Å². The first-order valence-corrected chi connectivity index (χ1v) is 16.5. The van der Waals surface area contributed by atoms with Crippen molar-refractivity contribution in [1.82, 2.24) is 14.6 Å². The van der Waals surface area contributed by atoms with Crippen LogP contribution in [0, 0.1) is 16.0 Å². The maximum absolute atomic E-state index is 14.2. The molecule has 1 aromatic heterocycles. The number of nitrogens with zero attached hydrogens (tertiary/aromatic N) is 2. The van der Waals surface area contributed by atoms with Crippen LogP contribution in [0.1, 0.15) is 37.6 Å². The number of nitro groups is 1. The lowest BCUT2D eigenvalue weighted by molar-refractivity contribution is -0.384. The molecule has 0 radical (unpaired) electrons. The van der Waals surface area contributed by atoms with E-state index in [4.69, 9.17) is 18.5 Å². The van der Waals surface area contributed by atoms with E-state index >= 15 is 0 Å². The Labute approximate surface area is 271 Å². The maximum atomic E-state index is 14.2. The van der Waals surface area contributed by atoms with E-state index in [0.717, 1.165) is 22.3 Å². The number of hydrogen-bond donors (Lipinski definition) is 3. The number of aliphatic hydroxyl groups is 1. The smallest absolute Gasteiger partial charge is 0.459 e. The number of non-ortho nitro benzene ring substituents is 1. The summed E-state index contributed by atoms with van der Waals surface area (Å²) in [5.74, 6) is -1.27. The second-order valence-corrected chi connectivity index (χ2v) is 12.8. The lowest BCUT2D eigenvalue weighted by Crippen LogP contribution is -2.42. The highest BCUT2D eigenvalue weighted by Crippen LogP contribution is 2.46. The van der Waals surface area contributed by atoms with Crippen molar-refractivity contribution in [2.24, 2.45) is 5.92 Å². The number of carbonyl (C=O) groups excluding carboxylic acids is 1. The van der Waals surface area contributed by atoms with Crippen molar-refractivity contribution in [3.63, 3.8) is 0 Å². The number of rotatable bonds is 14. The number of esters is 1. The Morgan fingerprint density at radius 3 is 2.57 bits per heavy atom. The first kappa shape index (κ1) is 34.9. The zero-order valence-electron chi connectivity index (χ0n) is 24.7. The zero-order valence-corrected chi connectivity index (χ0v) is 27.2. The minimum absolute atomic E-state index is 0.0420. The van der Waals surface area contributed by atoms with E-state index in [1.807, 2.05) is 6.07 Å². The van der Waals surface area contributed by atoms with E-state index in [1.54, 1.807) is 38.1 Å². The Morgan fingerprint density at radius 1 is 1.24 bits per heavy atom. The third-order valence-electron chi connectivity index (χ3n) is 6.88. The van der Waals surface area contributed by atoms with Gasteiger partial charge in [-0.1, -0.05) is 60.1 Å². The normalized spacial score (nSPS) is 20.0. The number of halogens is 1. The highest BCUT2D eigenvalue weighted by molar-refractivity contribution is 9.11. The number of aliphatic hydroxyl groups excluding tert-OH is 1. The van der Waals surface area contributed by atoms with Gasteiger partial charge in [0.2, 0.25) is 0 Å². The van der Waals surface area contributed by atoms with Crippen LogP contribution in [-0.2, 0) is 30.0 Å². The summed E-state index contributed by atoms with van der Waals surface area (Å²) in [6.07, 6.45) is -0.680. The highest BCUT2D eigenvalue weighted by atomic mass is 79.9. The van der Waals surface area contributed by atoms with Crippen LogP contribution < -0.4 is 20.9 Å². The van der Waals surface area contributed by atoms with Gasteiger partial charge in [0.25, 0.3) is 11.2 Å². The van der Waals surface area contributed by atoms with Gasteiger partial charge in [-0.25, -0.2) is 9.36 Å². The number of carbonyl (C=O) groups is 1. The first-order chi connectivity index (χ1) is 21.9. The largest absolute Gasteiger partial charge is 0.460 e. The number of aromatic amines is 1. The molecule has 2 aromatic carbocycles. The topological polar surface area (TPSA) is 201 Å². The molecule has 0 spiro atoms. The molecule has 3 aromatic rings. The van der Waals surface area contributed by atoms with Crippen LogP contribution in [0.2, 0.25) is 0 Å². The van der Waals surface area contributed by atoms with Gasteiger partial charge in [-0.15, -0.1) is 0 Å². The van der Waals surface area contributed by atoms with Crippen LogP contribution in [-0.4, -0.2) is 50.4 Å². The van der Waals surface area contributed by atoms with Crippen LogP contribution >= 0.6 is 23.7 Å². The van der Waals surface area contributed by atoms with Gasteiger partial charge in [0.15, 0.2) is 0 Å². The van der Waals surface area contributed by atoms with Gasteiger partial charge in [0.1, 0.15) is 30.7 Å². The van der Waals surface area contributed by atoms with Gasteiger partial charge >= 0.3 is 19.4 Å². The third-order valence-corrected chi connectivity index (χ3v) is 8.67. The van der Waals surface area contributed by atoms with E-state index in [-0.39, 0.29) is 30.0 Å². The molecule has 15 nitrogen and oxygen atoms in total. The van der Waals surface area contributed by atoms with Crippen LogP contribution in [0.15, 0.2) is 75.4 Å². The predicted octanol–water partition coefficient (Wildman–Crippen LogP) is 4.02. The fourth-order valence-corrected chi connectivity index (χ4v) is 6.38. The van der Waals surface area contributed by atoms with Gasteiger partial charge in [0, 0.05) is 24.8 Å². The number of nitrogens with one attached hydrogen (secondary N) is 2. The van der Waals surface area contributed by atoms with Crippen molar-refractivity contribution < 1.29 is 37.9 Å². The Balaban J connectivity index is 1.54. The van der Waals surface area contributed by atoms with E-state index in [2.05, 4.69) is 26.0 Å². The Morgan fingerprint density at radius 2 is 1.93 bits per heavy atom. The lowest BCUT2D eigenvalue weighted by atomic mass is 10.1. The SMILES string of the molecule is CC(C)C(NP(=O)(OCC1O[C@@H](n2cc(/C=C/Br)c(=O)[nH]c2=O)C[C@H]1O)Oc1ccc([N+](=O)[O-])cc1)C(=O)OCc1ccccc1. The third kappa shape index (κ3) is 9.09. The van der Waals surface area contributed by atoms with Crippen molar-refractivity contribution in [2.45, 2.75) is 51.4 Å². The fraction of sp³-hybridized carbons (Fsp3) is 0.345. The molecule has 1 aliphatic rings. The molecule has 0 saturated carbocycles. The average molecular weight is 723 g/mol. The predicted molar refractivity (Wildman–Crippen MR) is 169 cm³/mol. The van der Waals surface area contributed by atoms with E-state index in [9.17, 15) is 34.2 Å². The molecule has 246 valence electrons. The van der Waals surface area contributed by atoms with Gasteiger partial charge in [-0.05, 0) is 34.7 Å². The van der Waals surface area contributed by atoms with Crippen LogP contribution in [0.25, 0.3) is 6.08 Å². The average Bonchev–Trinajstić information content (AvgIpc) is 3.39. The molecule has 17 heteroatoms. The number of H-pyrrole nitrogens is 1. The van der Waals surface area contributed by atoms with Gasteiger partial charge in [-0.2, -0.15) is 5.09 Å². The summed E-state index contributed by atoms with van der Waals surface area (Å²) >= 11 is 3.08. The van der Waals surface area contributed by atoms with E-state index in [1.165, 1.54) is 29.4 Å². The molecule has 1 saturated heterocycles. The molecule has 4 rings (SSSR count). The summed E-state index contributed by atoms with van der Waals surface area (Å²) in [6.45, 7) is 2.81.